The van der Waals surface area contributed by atoms with Crippen molar-refractivity contribution >= 4 is 15.9 Å². The van der Waals surface area contributed by atoms with Crippen LogP contribution in [0.1, 0.15) is 24.3 Å². The van der Waals surface area contributed by atoms with Crippen LogP contribution in [0.25, 0.3) is 0 Å². The topological polar surface area (TPSA) is 9.23 Å². The van der Waals surface area contributed by atoms with Gasteiger partial charge in [0.1, 0.15) is 11.6 Å². The molecule has 0 aliphatic rings. The van der Waals surface area contributed by atoms with Gasteiger partial charge in [-0.15, -0.1) is 0 Å². The molecule has 106 valence electrons. The van der Waals surface area contributed by atoms with Crippen LogP contribution in [0.15, 0.2) is 54.6 Å². The smallest absolute Gasteiger partial charge is 0.123 e. The normalized spacial score (nSPS) is 12.1. The Balaban J connectivity index is 1.80. The van der Waals surface area contributed by atoms with Gasteiger partial charge >= 0.3 is 0 Å². The average Bonchev–Trinajstić information content (AvgIpc) is 2.48. The Labute approximate surface area is 127 Å². The van der Waals surface area contributed by atoms with Crippen molar-refractivity contribution in [3.8, 4) is 5.75 Å². The minimum Gasteiger partial charge on any atom is -0.494 e. The second kappa shape index (κ2) is 8.05. The zero-order valence-corrected chi connectivity index (χ0v) is 12.9. The van der Waals surface area contributed by atoms with E-state index >= 15 is 0 Å². The zero-order valence-electron chi connectivity index (χ0n) is 11.3. The molecule has 3 heteroatoms. The van der Waals surface area contributed by atoms with Gasteiger partial charge in [0.25, 0.3) is 0 Å². The first-order valence-electron chi connectivity index (χ1n) is 6.79. The molecule has 2 aromatic carbocycles. The van der Waals surface area contributed by atoms with E-state index in [1.807, 2.05) is 36.4 Å². The van der Waals surface area contributed by atoms with Crippen molar-refractivity contribution < 1.29 is 9.13 Å². The summed E-state index contributed by atoms with van der Waals surface area (Å²) in [4.78, 5) is 0. The van der Waals surface area contributed by atoms with Crippen LogP contribution in [0.3, 0.4) is 0 Å². The fourth-order valence-electron chi connectivity index (χ4n) is 2.13. The van der Waals surface area contributed by atoms with Gasteiger partial charge in [0.2, 0.25) is 0 Å². The highest BCUT2D eigenvalue weighted by Crippen LogP contribution is 2.24. The van der Waals surface area contributed by atoms with E-state index in [0.717, 1.165) is 29.5 Å². The van der Waals surface area contributed by atoms with E-state index in [2.05, 4.69) is 15.9 Å². The first-order chi connectivity index (χ1) is 9.79. The van der Waals surface area contributed by atoms with E-state index in [1.165, 1.54) is 6.07 Å². The number of rotatable bonds is 7. The van der Waals surface area contributed by atoms with Gasteiger partial charge < -0.3 is 4.74 Å². The predicted molar refractivity (Wildman–Crippen MR) is 84.1 cm³/mol. The van der Waals surface area contributed by atoms with Crippen molar-refractivity contribution in [1.29, 1.82) is 0 Å². The van der Waals surface area contributed by atoms with Crippen LogP contribution in [0, 0.1) is 5.82 Å². The minimum atomic E-state index is -0.172. The molecule has 1 nitrogen and oxygen atoms in total. The van der Waals surface area contributed by atoms with Gasteiger partial charge in [-0.2, -0.15) is 0 Å². The lowest BCUT2D eigenvalue weighted by molar-refractivity contribution is 0.303. The number of alkyl halides is 1. The molecule has 0 aliphatic heterocycles. The van der Waals surface area contributed by atoms with E-state index in [9.17, 15) is 4.39 Å². The minimum absolute atomic E-state index is 0.172. The summed E-state index contributed by atoms with van der Waals surface area (Å²) in [5, 5.41) is 0.835. The Morgan fingerprint density at radius 1 is 1.05 bits per heavy atom. The van der Waals surface area contributed by atoms with Gasteiger partial charge in [-0.1, -0.05) is 46.3 Å². The number of hydrogen-bond acceptors (Lipinski definition) is 1. The van der Waals surface area contributed by atoms with Crippen LogP contribution in [0.4, 0.5) is 4.39 Å². The monoisotopic (exact) mass is 336 g/mol. The summed E-state index contributed by atoms with van der Waals surface area (Å²) >= 11 is 3.51. The number of benzene rings is 2. The molecule has 0 spiro atoms. The molecule has 0 saturated heterocycles. The van der Waals surface area contributed by atoms with Crippen LogP contribution < -0.4 is 4.74 Å². The molecule has 0 fully saturated rings. The Morgan fingerprint density at radius 2 is 1.85 bits per heavy atom. The molecule has 0 heterocycles. The molecular formula is C17H18BrFO. The van der Waals surface area contributed by atoms with Gasteiger partial charge in [-0.25, -0.2) is 4.39 Å². The molecule has 0 saturated carbocycles. The van der Waals surface area contributed by atoms with E-state index in [4.69, 9.17) is 4.74 Å². The SMILES string of the molecule is Fc1cccc(C(CBr)CCCOc2ccccc2)c1. The lowest BCUT2D eigenvalue weighted by atomic mass is 9.96. The van der Waals surface area contributed by atoms with Gasteiger partial charge in [0.05, 0.1) is 6.61 Å². The summed E-state index contributed by atoms with van der Waals surface area (Å²) < 4.78 is 18.9. The lowest BCUT2D eigenvalue weighted by Crippen LogP contribution is -2.05. The first-order valence-corrected chi connectivity index (χ1v) is 7.91. The second-order valence-corrected chi connectivity index (χ2v) is 5.36. The highest BCUT2D eigenvalue weighted by molar-refractivity contribution is 9.09. The molecule has 0 aliphatic carbocycles. The quantitative estimate of drug-likeness (QED) is 0.501. The lowest BCUT2D eigenvalue weighted by Gasteiger charge is -2.15. The van der Waals surface area contributed by atoms with Crippen molar-refractivity contribution in [2.45, 2.75) is 18.8 Å². The molecule has 0 radical (unpaired) electrons. The molecule has 20 heavy (non-hydrogen) atoms. The van der Waals surface area contributed by atoms with Gasteiger partial charge in [0.15, 0.2) is 0 Å². The number of halogens is 2. The summed E-state index contributed by atoms with van der Waals surface area (Å²) in [6.07, 6.45) is 1.92. The Bertz CT molecular complexity index is 515. The van der Waals surface area contributed by atoms with E-state index in [1.54, 1.807) is 12.1 Å². The first kappa shape index (κ1) is 15.0. The highest BCUT2D eigenvalue weighted by atomic mass is 79.9. The third kappa shape index (κ3) is 4.64. The van der Waals surface area contributed by atoms with Crippen molar-refractivity contribution in [3.05, 3.63) is 66.0 Å². The maximum Gasteiger partial charge on any atom is 0.123 e. The summed E-state index contributed by atoms with van der Waals surface area (Å²) in [5.74, 6) is 1.05. The molecular weight excluding hydrogens is 319 g/mol. The van der Waals surface area contributed by atoms with Crippen molar-refractivity contribution in [2.75, 3.05) is 11.9 Å². The van der Waals surface area contributed by atoms with Crippen molar-refractivity contribution in [2.24, 2.45) is 0 Å². The van der Waals surface area contributed by atoms with E-state index in [0.29, 0.717) is 12.5 Å². The Morgan fingerprint density at radius 3 is 2.55 bits per heavy atom. The molecule has 1 atom stereocenters. The second-order valence-electron chi connectivity index (χ2n) is 4.71. The average molecular weight is 337 g/mol. The molecule has 0 bridgehead atoms. The summed E-state index contributed by atoms with van der Waals surface area (Å²) in [6, 6.07) is 16.6. The van der Waals surface area contributed by atoms with Crippen LogP contribution >= 0.6 is 15.9 Å². The standard InChI is InChI=1S/C17H18BrFO/c18-13-15(14-6-4-8-16(19)12-14)7-5-11-20-17-9-2-1-3-10-17/h1-4,6,8-10,12,15H,5,7,11,13H2. The van der Waals surface area contributed by atoms with Gasteiger partial charge in [-0.3, -0.25) is 0 Å². The van der Waals surface area contributed by atoms with Crippen LogP contribution in [-0.2, 0) is 0 Å². The summed E-state index contributed by atoms with van der Waals surface area (Å²) in [6.45, 7) is 0.683. The van der Waals surface area contributed by atoms with E-state index in [-0.39, 0.29) is 5.82 Å². The summed E-state index contributed by atoms with van der Waals surface area (Å²) in [7, 11) is 0. The molecule has 0 aromatic heterocycles. The maximum absolute atomic E-state index is 13.2. The Kier molecular flexibility index (Phi) is 6.06. The van der Waals surface area contributed by atoms with Crippen molar-refractivity contribution in [3.63, 3.8) is 0 Å². The third-order valence-electron chi connectivity index (χ3n) is 3.22. The molecule has 0 N–H and O–H groups in total. The molecule has 2 rings (SSSR count). The zero-order chi connectivity index (χ0) is 14.2. The van der Waals surface area contributed by atoms with Crippen LogP contribution in [0.5, 0.6) is 5.75 Å². The number of para-hydroxylation sites is 1. The van der Waals surface area contributed by atoms with E-state index < -0.39 is 0 Å². The summed E-state index contributed by atoms with van der Waals surface area (Å²) in [5.41, 5.74) is 1.04. The van der Waals surface area contributed by atoms with Crippen LogP contribution in [0.2, 0.25) is 0 Å². The predicted octanol–water partition coefficient (Wildman–Crippen LogP) is 5.16. The molecule has 1 unspecified atom stereocenters. The molecule has 0 amide bonds. The number of hydrogen-bond donors (Lipinski definition) is 0. The van der Waals surface area contributed by atoms with Gasteiger partial charge in [0, 0.05) is 5.33 Å². The Hall–Kier alpha value is -1.35. The fourth-order valence-corrected chi connectivity index (χ4v) is 2.83. The highest BCUT2D eigenvalue weighted by Gasteiger charge is 2.10. The third-order valence-corrected chi connectivity index (χ3v) is 4.00. The largest absolute Gasteiger partial charge is 0.494 e. The molecule has 2 aromatic rings. The fraction of sp³-hybridized carbons (Fsp3) is 0.294. The number of ether oxygens (including phenoxy) is 1. The van der Waals surface area contributed by atoms with Crippen molar-refractivity contribution in [1.82, 2.24) is 0 Å². The van der Waals surface area contributed by atoms with Crippen LogP contribution in [-0.4, -0.2) is 11.9 Å². The van der Waals surface area contributed by atoms with Gasteiger partial charge in [-0.05, 0) is 48.6 Å². The maximum atomic E-state index is 13.2.